The Hall–Kier alpha value is -0.840. The number of esters is 1. The highest BCUT2D eigenvalue weighted by atomic mass is 79.9. The predicted molar refractivity (Wildman–Crippen MR) is 59.6 cm³/mol. The second kappa shape index (κ2) is 4.79. The first-order valence-corrected chi connectivity index (χ1v) is 5.56. The smallest absolute Gasteiger partial charge is 0.322 e. The van der Waals surface area contributed by atoms with Crippen molar-refractivity contribution in [2.24, 2.45) is 7.05 Å². The maximum atomic E-state index is 11.4. The van der Waals surface area contributed by atoms with Gasteiger partial charge in [0.15, 0.2) is 0 Å². The van der Waals surface area contributed by atoms with Crippen molar-refractivity contribution >= 4 is 21.9 Å². The second-order valence-corrected chi connectivity index (χ2v) is 5.91. The van der Waals surface area contributed by atoms with Gasteiger partial charge in [-0.15, -0.1) is 0 Å². The number of carbonyl (C=O) groups is 1. The fraction of sp³-hybridized carbons (Fsp3) is 0.600. The molecule has 0 spiro atoms. The van der Waals surface area contributed by atoms with E-state index in [1.165, 1.54) is 0 Å². The Morgan fingerprint density at radius 2 is 2.27 bits per heavy atom. The van der Waals surface area contributed by atoms with Gasteiger partial charge in [0.2, 0.25) is 6.33 Å². The van der Waals surface area contributed by atoms with E-state index in [1.807, 2.05) is 34.9 Å². The van der Waals surface area contributed by atoms with Crippen molar-refractivity contribution in [2.75, 3.05) is 6.61 Å². The predicted octanol–water partition coefficient (Wildman–Crippen LogP) is 1.03. The van der Waals surface area contributed by atoms with E-state index in [0.717, 1.165) is 0 Å². The Labute approximate surface area is 98.0 Å². The number of hydrogen-bond donors (Lipinski definition) is 0. The first-order valence-electron chi connectivity index (χ1n) is 4.77. The van der Waals surface area contributed by atoms with E-state index in [-0.39, 0.29) is 5.97 Å². The van der Waals surface area contributed by atoms with Gasteiger partial charge in [-0.3, -0.25) is 4.79 Å². The minimum atomic E-state index is -0.603. The molecular formula is C10H16BrN2O2+. The third kappa shape index (κ3) is 4.03. The molecule has 4 nitrogen and oxygen atoms in total. The monoisotopic (exact) mass is 275 g/mol. The van der Waals surface area contributed by atoms with E-state index >= 15 is 0 Å². The van der Waals surface area contributed by atoms with Crippen LogP contribution in [0.2, 0.25) is 0 Å². The van der Waals surface area contributed by atoms with Gasteiger partial charge in [0, 0.05) is 0 Å². The average Bonchev–Trinajstić information content (AvgIpc) is 2.49. The van der Waals surface area contributed by atoms with Crippen LogP contribution in [0.4, 0.5) is 0 Å². The molecule has 0 aromatic carbocycles. The van der Waals surface area contributed by atoms with Gasteiger partial charge in [-0.25, -0.2) is 9.13 Å². The van der Waals surface area contributed by atoms with Crippen molar-refractivity contribution in [3.05, 3.63) is 18.7 Å². The number of alkyl halides is 1. The summed E-state index contributed by atoms with van der Waals surface area (Å²) in [5.41, 5.74) is 0. The molecule has 0 saturated carbocycles. The summed E-state index contributed by atoms with van der Waals surface area (Å²) in [6.07, 6.45) is 5.82. The number of carbonyl (C=O) groups excluding carboxylic acids is 1. The molecule has 0 radical (unpaired) electrons. The largest absolute Gasteiger partial charge is 0.460 e. The summed E-state index contributed by atoms with van der Waals surface area (Å²) in [5, 5.41) is 0. The van der Waals surface area contributed by atoms with Crippen molar-refractivity contribution in [2.45, 2.75) is 24.7 Å². The topological polar surface area (TPSA) is 35.1 Å². The van der Waals surface area contributed by atoms with Crippen molar-refractivity contribution in [1.82, 2.24) is 4.57 Å². The number of rotatable bonds is 4. The molecule has 1 aromatic rings. The number of aromatic nitrogens is 2. The van der Waals surface area contributed by atoms with Crippen LogP contribution in [0.25, 0.3) is 0 Å². The third-order valence-electron chi connectivity index (χ3n) is 1.89. The number of ether oxygens (including phenoxy) is 1. The molecule has 0 fully saturated rings. The van der Waals surface area contributed by atoms with E-state index in [0.29, 0.717) is 13.2 Å². The van der Waals surface area contributed by atoms with Crippen LogP contribution >= 0.6 is 15.9 Å². The molecule has 84 valence electrons. The Morgan fingerprint density at radius 1 is 1.60 bits per heavy atom. The highest BCUT2D eigenvalue weighted by molar-refractivity contribution is 9.10. The zero-order chi connectivity index (χ0) is 11.5. The molecule has 0 unspecified atom stereocenters. The van der Waals surface area contributed by atoms with Gasteiger partial charge in [0.1, 0.15) is 29.9 Å². The van der Waals surface area contributed by atoms with Gasteiger partial charge in [0.05, 0.1) is 7.05 Å². The Kier molecular flexibility index (Phi) is 3.90. The van der Waals surface area contributed by atoms with Crippen molar-refractivity contribution in [3.63, 3.8) is 0 Å². The molecule has 0 atom stereocenters. The van der Waals surface area contributed by atoms with Crippen LogP contribution in [0.3, 0.4) is 0 Å². The standard InChI is InChI=1S/C10H16BrN2O2/c1-10(2,11)9(14)15-7-6-13-5-4-12(3)8-13/h4-5,8H,6-7H2,1-3H3/q+1. The number of aryl methyl sites for hydroxylation is 1. The van der Waals surface area contributed by atoms with Gasteiger partial charge in [0.25, 0.3) is 0 Å². The highest BCUT2D eigenvalue weighted by Crippen LogP contribution is 2.17. The number of imidazole rings is 1. The van der Waals surface area contributed by atoms with Crippen LogP contribution in [0, 0.1) is 0 Å². The van der Waals surface area contributed by atoms with Crippen LogP contribution in [-0.4, -0.2) is 21.5 Å². The van der Waals surface area contributed by atoms with Gasteiger partial charge in [-0.2, -0.15) is 0 Å². The van der Waals surface area contributed by atoms with Crippen LogP contribution in [0.15, 0.2) is 18.7 Å². The molecule has 0 aliphatic heterocycles. The fourth-order valence-electron chi connectivity index (χ4n) is 1.05. The van der Waals surface area contributed by atoms with Crippen molar-refractivity contribution in [3.8, 4) is 0 Å². The molecule has 15 heavy (non-hydrogen) atoms. The molecule has 0 aliphatic carbocycles. The molecule has 0 bridgehead atoms. The molecular weight excluding hydrogens is 260 g/mol. The molecule has 1 heterocycles. The van der Waals surface area contributed by atoms with E-state index in [4.69, 9.17) is 4.74 Å². The van der Waals surface area contributed by atoms with Crippen LogP contribution < -0.4 is 4.57 Å². The first kappa shape index (κ1) is 12.2. The summed E-state index contributed by atoms with van der Waals surface area (Å²) in [6, 6.07) is 0. The molecule has 0 saturated heterocycles. The lowest BCUT2D eigenvalue weighted by Crippen LogP contribution is -2.28. The van der Waals surface area contributed by atoms with E-state index in [9.17, 15) is 4.79 Å². The van der Waals surface area contributed by atoms with Crippen LogP contribution in [-0.2, 0) is 23.1 Å². The molecule has 5 heteroatoms. The van der Waals surface area contributed by atoms with Crippen molar-refractivity contribution < 1.29 is 14.1 Å². The zero-order valence-electron chi connectivity index (χ0n) is 9.24. The van der Waals surface area contributed by atoms with Crippen LogP contribution in [0.5, 0.6) is 0 Å². The summed E-state index contributed by atoms with van der Waals surface area (Å²) in [4.78, 5) is 11.4. The molecule has 1 aromatic heterocycles. The fourth-order valence-corrected chi connectivity index (χ4v) is 1.16. The highest BCUT2D eigenvalue weighted by Gasteiger charge is 2.25. The molecule has 1 rings (SSSR count). The summed E-state index contributed by atoms with van der Waals surface area (Å²) in [7, 11) is 1.95. The lowest BCUT2D eigenvalue weighted by Gasteiger charge is -2.13. The minimum absolute atomic E-state index is 0.237. The number of nitrogens with zero attached hydrogens (tertiary/aromatic N) is 2. The van der Waals surface area contributed by atoms with Gasteiger partial charge >= 0.3 is 5.97 Å². The third-order valence-corrected chi connectivity index (χ3v) is 2.22. The van der Waals surface area contributed by atoms with E-state index < -0.39 is 4.32 Å². The first-order chi connectivity index (χ1) is 6.89. The quantitative estimate of drug-likeness (QED) is 0.468. The average molecular weight is 276 g/mol. The maximum Gasteiger partial charge on any atom is 0.322 e. The normalized spacial score (nSPS) is 11.5. The second-order valence-electron chi connectivity index (χ2n) is 3.93. The zero-order valence-corrected chi connectivity index (χ0v) is 10.8. The summed E-state index contributed by atoms with van der Waals surface area (Å²) >= 11 is 3.25. The minimum Gasteiger partial charge on any atom is -0.460 e. The van der Waals surface area contributed by atoms with Gasteiger partial charge in [-0.05, 0) is 13.8 Å². The van der Waals surface area contributed by atoms with Gasteiger partial charge < -0.3 is 4.74 Å². The number of halogens is 1. The van der Waals surface area contributed by atoms with Crippen LogP contribution in [0.1, 0.15) is 13.8 Å². The van der Waals surface area contributed by atoms with Gasteiger partial charge in [-0.1, -0.05) is 15.9 Å². The summed E-state index contributed by atoms with van der Waals surface area (Å²) in [6.45, 7) is 4.61. The van der Waals surface area contributed by atoms with Crippen molar-refractivity contribution in [1.29, 1.82) is 0 Å². The Bertz CT molecular complexity index is 341. The molecule has 0 amide bonds. The maximum absolute atomic E-state index is 11.4. The summed E-state index contributed by atoms with van der Waals surface area (Å²) in [5.74, 6) is -0.237. The van der Waals surface area contributed by atoms with E-state index in [2.05, 4.69) is 15.9 Å². The lowest BCUT2D eigenvalue weighted by molar-refractivity contribution is -0.671. The molecule has 0 N–H and O–H groups in total. The molecule has 0 aliphatic rings. The summed E-state index contributed by atoms with van der Waals surface area (Å²) < 4.78 is 8.41. The lowest BCUT2D eigenvalue weighted by atomic mass is 10.2. The Balaban J connectivity index is 2.31. The SMILES string of the molecule is C[n+]1ccn(CCOC(=O)C(C)(C)Br)c1. The Morgan fingerprint density at radius 3 is 2.73 bits per heavy atom. The number of hydrogen-bond acceptors (Lipinski definition) is 2. The van der Waals surface area contributed by atoms with E-state index in [1.54, 1.807) is 13.8 Å².